The van der Waals surface area contributed by atoms with Gasteiger partial charge in [0.2, 0.25) is 5.91 Å². The van der Waals surface area contributed by atoms with Gasteiger partial charge in [0.25, 0.3) is 0 Å². The van der Waals surface area contributed by atoms with Crippen molar-refractivity contribution >= 4 is 22.5 Å². The molecule has 1 amide bonds. The summed E-state index contributed by atoms with van der Waals surface area (Å²) in [5.41, 5.74) is 3.33. The number of amides is 1. The van der Waals surface area contributed by atoms with Crippen molar-refractivity contribution in [2.24, 2.45) is 5.92 Å². The normalized spacial score (nSPS) is 21.6. The zero-order chi connectivity index (χ0) is 17.2. The lowest BCUT2D eigenvalue weighted by molar-refractivity contribution is -0.136. The molecule has 0 aliphatic carbocycles. The second-order valence-corrected chi connectivity index (χ2v) is 7.16. The molecule has 5 nitrogen and oxygen atoms in total. The second-order valence-electron chi connectivity index (χ2n) is 7.16. The Kier molecular flexibility index (Phi) is 4.57. The number of aromatic nitrogens is 1. The van der Waals surface area contributed by atoms with Crippen molar-refractivity contribution in [2.75, 3.05) is 44.2 Å². The molecule has 0 saturated carbocycles. The third-order valence-corrected chi connectivity index (χ3v) is 5.40. The molecule has 0 bridgehead atoms. The summed E-state index contributed by atoms with van der Waals surface area (Å²) in [4.78, 5) is 21.8. The first-order chi connectivity index (χ1) is 12.2. The van der Waals surface area contributed by atoms with E-state index in [2.05, 4.69) is 44.4 Å². The van der Waals surface area contributed by atoms with Crippen LogP contribution in [-0.4, -0.2) is 55.1 Å². The van der Waals surface area contributed by atoms with Crippen LogP contribution in [0.5, 0.6) is 0 Å². The third-order valence-electron chi connectivity index (χ3n) is 5.40. The minimum Gasteiger partial charge on any atom is -0.367 e. The predicted octanol–water partition coefficient (Wildman–Crippen LogP) is 2.19. The molecule has 2 aliphatic heterocycles. The number of fused-ring (bicyclic) bond motifs is 1. The molecule has 1 aromatic carbocycles. The fourth-order valence-corrected chi connectivity index (χ4v) is 4.04. The van der Waals surface area contributed by atoms with Gasteiger partial charge in [-0.05, 0) is 38.4 Å². The molecule has 4 rings (SSSR count). The molecule has 1 N–H and O–H groups in total. The van der Waals surface area contributed by atoms with E-state index in [4.69, 9.17) is 0 Å². The molecule has 25 heavy (non-hydrogen) atoms. The van der Waals surface area contributed by atoms with Crippen LogP contribution in [0.2, 0.25) is 0 Å². The topological polar surface area (TPSA) is 48.5 Å². The van der Waals surface area contributed by atoms with Crippen molar-refractivity contribution < 1.29 is 4.79 Å². The lowest BCUT2D eigenvalue weighted by Crippen LogP contribution is -2.52. The first kappa shape index (κ1) is 16.3. The highest BCUT2D eigenvalue weighted by atomic mass is 16.2. The Morgan fingerprint density at radius 2 is 2.00 bits per heavy atom. The zero-order valence-corrected chi connectivity index (χ0v) is 14.9. The van der Waals surface area contributed by atoms with Crippen molar-refractivity contribution in [3.63, 3.8) is 0 Å². The summed E-state index contributed by atoms with van der Waals surface area (Å²) in [6.45, 7) is 7.33. The number of hydrogen-bond acceptors (Lipinski definition) is 4. The Labute approximate surface area is 149 Å². The SMILES string of the molecule is Cc1cc(N2CCN(C(=O)[C@H]3CCCNC3)CC2)c2ccccc2n1. The number of nitrogens with zero attached hydrogens (tertiary/aromatic N) is 3. The van der Waals surface area contributed by atoms with Gasteiger partial charge in [-0.25, -0.2) is 0 Å². The quantitative estimate of drug-likeness (QED) is 0.912. The average Bonchev–Trinajstić information content (AvgIpc) is 2.67. The highest BCUT2D eigenvalue weighted by Gasteiger charge is 2.28. The van der Waals surface area contributed by atoms with Crippen molar-refractivity contribution in [2.45, 2.75) is 19.8 Å². The summed E-state index contributed by atoms with van der Waals surface area (Å²) in [7, 11) is 0. The number of para-hydroxylation sites is 1. The summed E-state index contributed by atoms with van der Waals surface area (Å²) in [6.07, 6.45) is 2.14. The van der Waals surface area contributed by atoms with Gasteiger partial charge in [0, 0.05) is 49.5 Å². The Hall–Kier alpha value is -2.14. The van der Waals surface area contributed by atoms with Crippen LogP contribution >= 0.6 is 0 Å². The molecule has 2 saturated heterocycles. The van der Waals surface area contributed by atoms with Gasteiger partial charge in [0.1, 0.15) is 0 Å². The maximum atomic E-state index is 12.7. The number of pyridine rings is 1. The maximum absolute atomic E-state index is 12.7. The van der Waals surface area contributed by atoms with Crippen LogP contribution < -0.4 is 10.2 Å². The number of aryl methyl sites for hydroxylation is 1. The molecule has 0 unspecified atom stereocenters. The lowest BCUT2D eigenvalue weighted by atomic mass is 9.98. The van der Waals surface area contributed by atoms with Gasteiger partial charge in [-0.15, -0.1) is 0 Å². The van der Waals surface area contributed by atoms with Gasteiger partial charge in [-0.3, -0.25) is 9.78 Å². The molecule has 0 radical (unpaired) electrons. The number of carbonyl (C=O) groups is 1. The van der Waals surface area contributed by atoms with Crippen LogP contribution in [0.4, 0.5) is 5.69 Å². The van der Waals surface area contributed by atoms with E-state index in [1.807, 2.05) is 13.0 Å². The number of piperazine rings is 1. The maximum Gasteiger partial charge on any atom is 0.227 e. The van der Waals surface area contributed by atoms with Gasteiger partial charge in [-0.2, -0.15) is 0 Å². The molecule has 1 aromatic heterocycles. The highest BCUT2D eigenvalue weighted by Crippen LogP contribution is 2.28. The number of hydrogen-bond donors (Lipinski definition) is 1. The van der Waals surface area contributed by atoms with Crippen LogP contribution in [0.3, 0.4) is 0 Å². The van der Waals surface area contributed by atoms with Gasteiger partial charge in [0.05, 0.1) is 11.4 Å². The number of rotatable bonds is 2. The summed E-state index contributed by atoms with van der Waals surface area (Å²) in [6, 6.07) is 10.5. The van der Waals surface area contributed by atoms with E-state index in [0.29, 0.717) is 5.91 Å². The van der Waals surface area contributed by atoms with Crippen molar-refractivity contribution in [1.29, 1.82) is 0 Å². The molecule has 132 valence electrons. The first-order valence-electron chi connectivity index (χ1n) is 9.33. The minimum absolute atomic E-state index is 0.171. The Morgan fingerprint density at radius 1 is 1.20 bits per heavy atom. The summed E-state index contributed by atoms with van der Waals surface area (Å²) in [5, 5.41) is 4.55. The number of anilines is 1. The molecular weight excluding hydrogens is 312 g/mol. The lowest BCUT2D eigenvalue weighted by Gasteiger charge is -2.38. The van der Waals surface area contributed by atoms with E-state index in [1.165, 1.54) is 11.1 Å². The largest absolute Gasteiger partial charge is 0.367 e. The van der Waals surface area contributed by atoms with Crippen LogP contribution in [0.1, 0.15) is 18.5 Å². The Balaban J connectivity index is 1.48. The second kappa shape index (κ2) is 7.00. The molecule has 3 heterocycles. The molecule has 2 aromatic rings. The van der Waals surface area contributed by atoms with Gasteiger partial charge in [-0.1, -0.05) is 18.2 Å². The zero-order valence-electron chi connectivity index (χ0n) is 14.9. The van der Waals surface area contributed by atoms with Crippen LogP contribution in [-0.2, 0) is 4.79 Å². The molecular formula is C20H26N4O. The van der Waals surface area contributed by atoms with E-state index in [9.17, 15) is 4.79 Å². The van der Waals surface area contributed by atoms with Crippen molar-refractivity contribution in [3.8, 4) is 0 Å². The van der Waals surface area contributed by atoms with E-state index >= 15 is 0 Å². The molecule has 2 aliphatic rings. The smallest absolute Gasteiger partial charge is 0.227 e. The van der Waals surface area contributed by atoms with Gasteiger partial charge >= 0.3 is 0 Å². The fraction of sp³-hybridized carbons (Fsp3) is 0.500. The average molecular weight is 338 g/mol. The van der Waals surface area contributed by atoms with Crippen LogP contribution in [0.15, 0.2) is 30.3 Å². The Morgan fingerprint density at radius 3 is 2.76 bits per heavy atom. The summed E-state index contributed by atoms with van der Waals surface area (Å²) < 4.78 is 0. The van der Waals surface area contributed by atoms with E-state index in [0.717, 1.165) is 63.3 Å². The fourth-order valence-electron chi connectivity index (χ4n) is 4.04. The van der Waals surface area contributed by atoms with Crippen LogP contribution in [0, 0.1) is 12.8 Å². The number of benzene rings is 1. The molecule has 1 atom stereocenters. The number of carbonyl (C=O) groups excluding carboxylic acids is 1. The van der Waals surface area contributed by atoms with E-state index in [-0.39, 0.29) is 5.92 Å². The number of nitrogens with one attached hydrogen (secondary N) is 1. The van der Waals surface area contributed by atoms with E-state index in [1.54, 1.807) is 0 Å². The van der Waals surface area contributed by atoms with Gasteiger partial charge in [0.15, 0.2) is 0 Å². The van der Waals surface area contributed by atoms with Crippen molar-refractivity contribution in [1.82, 2.24) is 15.2 Å². The molecule has 0 spiro atoms. The van der Waals surface area contributed by atoms with Crippen molar-refractivity contribution in [3.05, 3.63) is 36.0 Å². The Bertz CT molecular complexity index is 761. The molecule has 2 fully saturated rings. The monoisotopic (exact) mass is 338 g/mol. The summed E-state index contributed by atoms with van der Waals surface area (Å²) >= 11 is 0. The van der Waals surface area contributed by atoms with E-state index < -0.39 is 0 Å². The third kappa shape index (κ3) is 3.33. The standard InChI is InChI=1S/C20H26N4O/c1-15-13-19(17-6-2-3-7-18(17)22-15)23-9-11-24(12-10-23)20(25)16-5-4-8-21-14-16/h2-3,6-7,13,16,21H,4-5,8-12,14H2,1H3/t16-/m0/s1. The highest BCUT2D eigenvalue weighted by molar-refractivity contribution is 5.92. The molecule has 5 heteroatoms. The van der Waals surface area contributed by atoms with Crippen LogP contribution in [0.25, 0.3) is 10.9 Å². The summed E-state index contributed by atoms with van der Waals surface area (Å²) in [5.74, 6) is 0.506. The van der Waals surface area contributed by atoms with Gasteiger partial charge < -0.3 is 15.1 Å². The minimum atomic E-state index is 0.171. The number of piperidine rings is 1. The predicted molar refractivity (Wildman–Crippen MR) is 101 cm³/mol. The first-order valence-corrected chi connectivity index (χ1v) is 9.33.